The second kappa shape index (κ2) is 8.69. The van der Waals surface area contributed by atoms with Gasteiger partial charge in [0.15, 0.2) is 0 Å². The largest absolute Gasteiger partial charge is 0.356 e. The third-order valence-electron chi connectivity index (χ3n) is 6.32. The van der Waals surface area contributed by atoms with Crippen molar-refractivity contribution in [2.75, 3.05) is 13.1 Å². The van der Waals surface area contributed by atoms with E-state index in [1.807, 2.05) is 0 Å². The van der Waals surface area contributed by atoms with Crippen molar-refractivity contribution >= 4 is 21.8 Å². The van der Waals surface area contributed by atoms with Gasteiger partial charge in [0, 0.05) is 89.0 Å². The van der Waals surface area contributed by atoms with Crippen molar-refractivity contribution in [3.05, 3.63) is 73.3 Å². The number of hydrogen-bond acceptors (Lipinski definition) is 2. The summed E-state index contributed by atoms with van der Waals surface area (Å²) in [6.45, 7) is 3.25. The molecular formula is C27H31N5. The van der Waals surface area contributed by atoms with Crippen molar-refractivity contribution < 1.29 is 0 Å². The van der Waals surface area contributed by atoms with Crippen LogP contribution >= 0.6 is 0 Å². The second-order valence-corrected chi connectivity index (χ2v) is 8.54. The molecule has 0 bridgehead atoms. The van der Waals surface area contributed by atoms with Crippen LogP contribution in [0.25, 0.3) is 44.1 Å². The van der Waals surface area contributed by atoms with Crippen molar-refractivity contribution in [1.82, 2.24) is 13.7 Å². The molecule has 3 aromatic heterocycles. The van der Waals surface area contributed by atoms with Gasteiger partial charge in [-0.3, -0.25) is 0 Å². The molecule has 0 aliphatic heterocycles. The van der Waals surface area contributed by atoms with Crippen LogP contribution in [0.3, 0.4) is 0 Å². The summed E-state index contributed by atoms with van der Waals surface area (Å²) in [5.74, 6) is 0. The average Bonchev–Trinajstić information content (AvgIpc) is 3.49. The zero-order valence-corrected chi connectivity index (χ0v) is 18.7. The molecule has 0 saturated carbocycles. The molecule has 5 aromatic rings. The second-order valence-electron chi connectivity index (χ2n) is 8.54. The van der Waals surface area contributed by atoms with Gasteiger partial charge in [-0.15, -0.1) is 0 Å². The van der Waals surface area contributed by atoms with Crippen molar-refractivity contribution in [2.24, 2.45) is 18.5 Å². The van der Waals surface area contributed by atoms with Gasteiger partial charge in [0.2, 0.25) is 0 Å². The number of para-hydroxylation sites is 2. The molecule has 3 heterocycles. The summed E-state index contributed by atoms with van der Waals surface area (Å²) < 4.78 is 6.86. The standard InChI is InChI=1S/C27H31N5/c1-30-16-22(24-18-31(14-6-12-28)26-10-4-2-8-20(24)26)23(17-30)25-19-32(15-7-13-29)27-11-5-3-9-21(25)27/h2-5,8-11,16-19H,6-7,12-15,28-29H2,1H3. The van der Waals surface area contributed by atoms with Gasteiger partial charge in [0.05, 0.1) is 0 Å². The molecule has 5 rings (SSSR count). The third-order valence-corrected chi connectivity index (χ3v) is 6.32. The lowest BCUT2D eigenvalue weighted by atomic mass is 9.98. The Balaban J connectivity index is 1.70. The van der Waals surface area contributed by atoms with Crippen molar-refractivity contribution in [1.29, 1.82) is 0 Å². The van der Waals surface area contributed by atoms with E-state index in [0.717, 1.165) is 25.9 Å². The predicted octanol–water partition coefficient (Wildman–Crippen LogP) is 4.97. The lowest BCUT2D eigenvalue weighted by molar-refractivity contribution is 0.671. The summed E-state index contributed by atoms with van der Waals surface area (Å²) in [6, 6.07) is 17.3. The summed E-state index contributed by atoms with van der Waals surface area (Å²) in [4.78, 5) is 0. The minimum absolute atomic E-state index is 0.695. The van der Waals surface area contributed by atoms with E-state index in [1.54, 1.807) is 0 Å². The summed E-state index contributed by atoms with van der Waals surface area (Å²) in [6.07, 6.45) is 11.0. The quantitative estimate of drug-likeness (QED) is 0.369. The molecule has 2 aromatic carbocycles. The van der Waals surface area contributed by atoms with Crippen LogP contribution in [0.5, 0.6) is 0 Å². The molecular weight excluding hydrogens is 394 g/mol. The zero-order chi connectivity index (χ0) is 22.1. The molecule has 0 spiro atoms. The number of nitrogens with two attached hydrogens (primary N) is 2. The number of aryl methyl sites for hydroxylation is 3. The Bertz CT molecular complexity index is 1260. The van der Waals surface area contributed by atoms with Gasteiger partial charge in [0.25, 0.3) is 0 Å². The first-order valence-electron chi connectivity index (χ1n) is 11.4. The van der Waals surface area contributed by atoms with Crippen LogP contribution in [0.1, 0.15) is 12.8 Å². The van der Waals surface area contributed by atoms with Crippen LogP contribution in [-0.4, -0.2) is 26.8 Å². The smallest absolute Gasteiger partial charge is 0.0486 e. The Morgan fingerprint density at radius 2 is 1.03 bits per heavy atom. The fourth-order valence-electron chi connectivity index (χ4n) is 4.83. The molecule has 4 N–H and O–H groups in total. The van der Waals surface area contributed by atoms with Crippen LogP contribution in [0.4, 0.5) is 0 Å². The third kappa shape index (κ3) is 3.53. The van der Waals surface area contributed by atoms with Crippen molar-refractivity contribution in [3.63, 3.8) is 0 Å². The molecule has 0 atom stereocenters. The number of benzene rings is 2. The van der Waals surface area contributed by atoms with Gasteiger partial charge in [-0.05, 0) is 38.1 Å². The Kier molecular flexibility index (Phi) is 5.60. The minimum Gasteiger partial charge on any atom is -0.356 e. The first kappa shape index (κ1) is 20.6. The number of rotatable bonds is 8. The first-order valence-corrected chi connectivity index (χ1v) is 11.4. The average molecular weight is 426 g/mol. The maximum Gasteiger partial charge on any atom is 0.0486 e. The Morgan fingerprint density at radius 3 is 1.47 bits per heavy atom. The Hall–Kier alpha value is -3.28. The van der Waals surface area contributed by atoms with Crippen LogP contribution < -0.4 is 11.5 Å². The molecule has 32 heavy (non-hydrogen) atoms. The molecule has 0 unspecified atom stereocenters. The summed E-state index contributed by atoms with van der Waals surface area (Å²) >= 11 is 0. The van der Waals surface area contributed by atoms with E-state index in [1.165, 1.54) is 44.1 Å². The van der Waals surface area contributed by atoms with Crippen LogP contribution in [-0.2, 0) is 20.1 Å². The highest BCUT2D eigenvalue weighted by Gasteiger charge is 2.19. The predicted molar refractivity (Wildman–Crippen MR) is 135 cm³/mol. The lowest BCUT2D eigenvalue weighted by Gasteiger charge is -2.03. The van der Waals surface area contributed by atoms with Gasteiger partial charge in [-0.1, -0.05) is 36.4 Å². The number of nitrogens with zero attached hydrogens (tertiary/aromatic N) is 3. The number of fused-ring (bicyclic) bond motifs is 2. The lowest BCUT2D eigenvalue weighted by Crippen LogP contribution is -2.04. The Morgan fingerprint density at radius 1 is 0.594 bits per heavy atom. The molecule has 0 aliphatic carbocycles. The van der Waals surface area contributed by atoms with E-state index in [-0.39, 0.29) is 0 Å². The highest BCUT2D eigenvalue weighted by Crippen LogP contribution is 2.41. The highest BCUT2D eigenvalue weighted by atomic mass is 15.0. The van der Waals surface area contributed by atoms with Gasteiger partial charge < -0.3 is 25.2 Å². The minimum atomic E-state index is 0.695. The highest BCUT2D eigenvalue weighted by molar-refractivity contribution is 6.04. The Labute approximate surface area is 188 Å². The van der Waals surface area contributed by atoms with E-state index < -0.39 is 0 Å². The molecule has 5 heteroatoms. The van der Waals surface area contributed by atoms with Crippen molar-refractivity contribution in [2.45, 2.75) is 25.9 Å². The first-order chi connectivity index (χ1) is 15.7. The van der Waals surface area contributed by atoms with E-state index in [9.17, 15) is 0 Å². The van der Waals surface area contributed by atoms with E-state index >= 15 is 0 Å². The van der Waals surface area contributed by atoms with Gasteiger partial charge >= 0.3 is 0 Å². The summed E-state index contributed by atoms with van der Waals surface area (Å²) in [5.41, 5.74) is 19.2. The molecule has 0 aliphatic rings. The fourth-order valence-corrected chi connectivity index (χ4v) is 4.83. The maximum atomic E-state index is 5.80. The molecule has 5 nitrogen and oxygen atoms in total. The van der Waals surface area contributed by atoms with Crippen LogP contribution in [0, 0.1) is 0 Å². The zero-order valence-electron chi connectivity index (χ0n) is 18.7. The molecule has 164 valence electrons. The number of hydrogen-bond donors (Lipinski definition) is 2. The van der Waals surface area contributed by atoms with Crippen molar-refractivity contribution in [3.8, 4) is 22.3 Å². The van der Waals surface area contributed by atoms with E-state index in [0.29, 0.717) is 13.1 Å². The SMILES string of the molecule is Cn1cc(-c2cn(CCCN)c3ccccc23)c(-c2cn(CCCN)c3ccccc23)c1. The molecule has 0 amide bonds. The van der Waals surface area contributed by atoms with E-state index in [4.69, 9.17) is 11.5 Å². The normalized spacial score (nSPS) is 11.7. The van der Waals surface area contributed by atoms with Gasteiger partial charge in [-0.2, -0.15) is 0 Å². The van der Waals surface area contributed by atoms with Crippen LogP contribution in [0.2, 0.25) is 0 Å². The number of aromatic nitrogens is 3. The van der Waals surface area contributed by atoms with Crippen LogP contribution in [0.15, 0.2) is 73.3 Å². The topological polar surface area (TPSA) is 66.8 Å². The maximum absolute atomic E-state index is 5.80. The van der Waals surface area contributed by atoms with Gasteiger partial charge in [-0.25, -0.2) is 0 Å². The van der Waals surface area contributed by atoms with Gasteiger partial charge in [0.1, 0.15) is 0 Å². The summed E-state index contributed by atoms with van der Waals surface area (Å²) in [5, 5.41) is 2.56. The molecule has 0 fully saturated rings. The van der Waals surface area contributed by atoms with E-state index in [2.05, 4.69) is 94.1 Å². The molecule has 0 saturated heterocycles. The monoisotopic (exact) mass is 425 g/mol. The molecule has 0 radical (unpaired) electrons. The fraction of sp³-hybridized carbons (Fsp3) is 0.259. The summed E-state index contributed by atoms with van der Waals surface area (Å²) in [7, 11) is 2.11.